The molecule has 2 aliphatic rings. The van der Waals surface area contributed by atoms with Crippen LogP contribution >= 0.6 is 0 Å². The Labute approximate surface area is 121 Å². The van der Waals surface area contributed by atoms with E-state index in [1.54, 1.807) is 0 Å². The van der Waals surface area contributed by atoms with Crippen LogP contribution in [0.25, 0.3) is 0 Å². The Bertz CT molecular complexity index is 338. The van der Waals surface area contributed by atoms with E-state index >= 15 is 0 Å². The molecule has 2 saturated heterocycles. The van der Waals surface area contributed by atoms with Crippen molar-refractivity contribution in [3.8, 4) is 6.07 Å². The van der Waals surface area contributed by atoms with Crippen molar-refractivity contribution in [3.63, 3.8) is 0 Å². The number of nitrogens with one attached hydrogen (secondary N) is 1. The van der Waals surface area contributed by atoms with Gasteiger partial charge in [-0.15, -0.1) is 0 Å². The molecule has 0 spiro atoms. The third-order valence-electron chi connectivity index (χ3n) is 4.38. The van der Waals surface area contributed by atoms with E-state index in [4.69, 9.17) is 5.26 Å². The van der Waals surface area contributed by atoms with Gasteiger partial charge in [-0.05, 0) is 25.8 Å². The van der Waals surface area contributed by atoms with Crippen molar-refractivity contribution >= 4 is 5.91 Å². The molecule has 20 heavy (non-hydrogen) atoms. The fourth-order valence-electron chi connectivity index (χ4n) is 3.06. The minimum absolute atomic E-state index is 0.303. The van der Waals surface area contributed by atoms with Gasteiger partial charge in [-0.1, -0.05) is 6.42 Å². The molecule has 1 atom stereocenters. The standard InChI is InChI=1S/C15H26N4O/c16-7-3-9-18-10-12-19(13-11-18)15(20)6-5-14-4-1-2-8-17-14/h14,17H,1-6,8-13H2. The van der Waals surface area contributed by atoms with Crippen molar-refractivity contribution < 1.29 is 4.79 Å². The fraction of sp³-hybridized carbons (Fsp3) is 0.867. The lowest BCUT2D eigenvalue weighted by atomic mass is 10.0. The summed E-state index contributed by atoms with van der Waals surface area (Å²) in [5.74, 6) is 0.303. The zero-order valence-corrected chi connectivity index (χ0v) is 12.3. The second-order valence-corrected chi connectivity index (χ2v) is 5.82. The molecule has 2 aliphatic heterocycles. The third-order valence-corrected chi connectivity index (χ3v) is 4.38. The van der Waals surface area contributed by atoms with Crippen LogP contribution in [0.5, 0.6) is 0 Å². The quantitative estimate of drug-likeness (QED) is 0.814. The van der Waals surface area contributed by atoms with Crippen molar-refractivity contribution in [2.24, 2.45) is 0 Å². The summed E-state index contributed by atoms with van der Waals surface area (Å²) in [7, 11) is 0. The Kier molecular flexibility index (Phi) is 6.28. The lowest BCUT2D eigenvalue weighted by Gasteiger charge is -2.34. The highest BCUT2D eigenvalue weighted by Crippen LogP contribution is 2.13. The van der Waals surface area contributed by atoms with E-state index in [1.165, 1.54) is 19.3 Å². The Balaban J connectivity index is 1.63. The van der Waals surface area contributed by atoms with Gasteiger partial charge in [0.25, 0.3) is 0 Å². The number of amides is 1. The van der Waals surface area contributed by atoms with Crippen LogP contribution < -0.4 is 5.32 Å². The van der Waals surface area contributed by atoms with Gasteiger partial charge in [0.2, 0.25) is 5.91 Å². The first kappa shape index (κ1) is 15.3. The Morgan fingerprint density at radius 2 is 2.05 bits per heavy atom. The zero-order chi connectivity index (χ0) is 14.2. The minimum Gasteiger partial charge on any atom is -0.340 e. The maximum atomic E-state index is 12.2. The molecule has 1 unspecified atom stereocenters. The van der Waals surface area contributed by atoms with E-state index in [9.17, 15) is 4.79 Å². The summed E-state index contributed by atoms with van der Waals surface area (Å²) in [5, 5.41) is 12.1. The van der Waals surface area contributed by atoms with E-state index in [2.05, 4.69) is 16.3 Å². The highest BCUT2D eigenvalue weighted by Gasteiger charge is 2.21. The number of carbonyl (C=O) groups excluding carboxylic acids is 1. The Morgan fingerprint density at radius 3 is 2.70 bits per heavy atom. The average Bonchev–Trinajstić information content (AvgIpc) is 2.52. The summed E-state index contributed by atoms with van der Waals surface area (Å²) >= 11 is 0. The maximum Gasteiger partial charge on any atom is 0.222 e. The topological polar surface area (TPSA) is 59.4 Å². The van der Waals surface area contributed by atoms with Gasteiger partial charge in [0.1, 0.15) is 0 Å². The first-order chi connectivity index (χ1) is 9.79. The first-order valence-electron chi connectivity index (χ1n) is 7.90. The van der Waals surface area contributed by atoms with Crippen molar-refractivity contribution in [1.82, 2.24) is 15.1 Å². The van der Waals surface area contributed by atoms with E-state index in [0.29, 0.717) is 24.8 Å². The summed E-state index contributed by atoms with van der Waals surface area (Å²) in [5.41, 5.74) is 0. The summed E-state index contributed by atoms with van der Waals surface area (Å²) < 4.78 is 0. The van der Waals surface area contributed by atoms with Crippen LogP contribution in [0.3, 0.4) is 0 Å². The van der Waals surface area contributed by atoms with Crippen molar-refractivity contribution in [2.45, 2.75) is 44.6 Å². The van der Waals surface area contributed by atoms with Crippen LogP contribution in [0, 0.1) is 11.3 Å². The summed E-state index contributed by atoms with van der Waals surface area (Å²) in [6.45, 7) is 5.41. The number of piperazine rings is 1. The number of hydrogen-bond acceptors (Lipinski definition) is 4. The van der Waals surface area contributed by atoms with Gasteiger partial charge in [0.15, 0.2) is 0 Å². The molecule has 1 N–H and O–H groups in total. The second kappa shape index (κ2) is 8.23. The SMILES string of the molecule is N#CCCN1CCN(C(=O)CCC2CCCCN2)CC1. The lowest BCUT2D eigenvalue weighted by Crippen LogP contribution is -2.49. The lowest BCUT2D eigenvalue weighted by molar-refractivity contribution is -0.133. The molecule has 0 aliphatic carbocycles. The zero-order valence-electron chi connectivity index (χ0n) is 12.3. The molecule has 2 rings (SSSR count). The van der Waals surface area contributed by atoms with Gasteiger partial charge >= 0.3 is 0 Å². The Morgan fingerprint density at radius 1 is 1.25 bits per heavy atom. The highest BCUT2D eigenvalue weighted by molar-refractivity contribution is 5.76. The summed E-state index contributed by atoms with van der Waals surface area (Å²) in [4.78, 5) is 16.5. The number of rotatable bonds is 5. The summed E-state index contributed by atoms with van der Waals surface area (Å²) in [6.07, 6.45) is 6.03. The third kappa shape index (κ3) is 4.77. The summed E-state index contributed by atoms with van der Waals surface area (Å²) in [6, 6.07) is 2.72. The smallest absolute Gasteiger partial charge is 0.222 e. The molecule has 2 heterocycles. The Hall–Kier alpha value is -1.12. The molecular formula is C15H26N4O. The van der Waals surface area contributed by atoms with E-state index < -0.39 is 0 Å². The van der Waals surface area contributed by atoms with Gasteiger partial charge in [0.05, 0.1) is 6.07 Å². The molecule has 0 aromatic heterocycles. The molecule has 0 radical (unpaired) electrons. The number of hydrogen-bond donors (Lipinski definition) is 1. The van der Waals surface area contributed by atoms with Crippen LogP contribution in [0.4, 0.5) is 0 Å². The van der Waals surface area contributed by atoms with Gasteiger partial charge in [-0.3, -0.25) is 9.69 Å². The van der Waals surface area contributed by atoms with Gasteiger partial charge in [-0.25, -0.2) is 0 Å². The molecule has 0 saturated carbocycles. The molecule has 5 nitrogen and oxygen atoms in total. The van der Waals surface area contributed by atoms with E-state index in [0.717, 1.165) is 45.7 Å². The molecular weight excluding hydrogens is 252 g/mol. The molecule has 0 aromatic rings. The van der Waals surface area contributed by atoms with Crippen LogP contribution in [0.2, 0.25) is 0 Å². The molecule has 0 bridgehead atoms. The normalized spacial score (nSPS) is 24.4. The predicted octanol–water partition coefficient (Wildman–Crippen LogP) is 0.967. The van der Waals surface area contributed by atoms with Crippen molar-refractivity contribution in [3.05, 3.63) is 0 Å². The predicted molar refractivity (Wildman–Crippen MR) is 78.1 cm³/mol. The highest BCUT2D eigenvalue weighted by atomic mass is 16.2. The van der Waals surface area contributed by atoms with Gasteiger partial charge < -0.3 is 10.2 Å². The van der Waals surface area contributed by atoms with Crippen LogP contribution in [-0.4, -0.2) is 61.0 Å². The molecule has 2 fully saturated rings. The molecule has 5 heteroatoms. The number of carbonyl (C=O) groups is 1. The minimum atomic E-state index is 0.303. The van der Waals surface area contributed by atoms with Crippen molar-refractivity contribution in [2.75, 3.05) is 39.3 Å². The van der Waals surface area contributed by atoms with E-state index in [-0.39, 0.29) is 0 Å². The second-order valence-electron chi connectivity index (χ2n) is 5.82. The van der Waals surface area contributed by atoms with Crippen LogP contribution in [-0.2, 0) is 4.79 Å². The monoisotopic (exact) mass is 278 g/mol. The van der Waals surface area contributed by atoms with Crippen molar-refractivity contribution in [1.29, 1.82) is 5.26 Å². The van der Waals surface area contributed by atoms with Crippen LogP contribution in [0.1, 0.15) is 38.5 Å². The maximum absolute atomic E-state index is 12.2. The fourth-order valence-corrected chi connectivity index (χ4v) is 3.06. The number of piperidine rings is 1. The molecule has 112 valence electrons. The number of nitrogens with zero attached hydrogens (tertiary/aromatic N) is 3. The largest absolute Gasteiger partial charge is 0.340 e. The molecule has 1 amide bonds. The molecule has 0 aromatic carbocycles. The van der Waals surface area contributed by atoms with Gasteiger partial charge in [0, 0.05) is 51.6 Å². The van der Waals surface area contributed by atoms with Gasteiger partial charge in [-0.2, -0.15) is 5.26 Å². The van der Waals surface area contributed by atoms with E-state index in [1.807, 2.05) is 4.90 Å². The van der Waals surface area contributed by atoms with Crippen LogP contribution in [0.15, 0.2) is 0 Å². The number of nitriles is 1. The average molecular weight is 278 g/mol. The first-order valence-corrected chi connectivity index (χ1v) is 7.90.